The molecule has 3 rings (SSSR count). The second kappa shape index (κ2) is 6.32. The van der Waals surface area contributed by atoms with E-state index >= 15 is 0 Å². The van der Waals surface area contributed by atoms with Crippen LogP contribution in [0.15, 0.2) is 47.1 Å². The maximum absolute atomic E-state index is 5.33. The molecule has 0 aliphatic carbocycles. The number of rotatable bonds is 4. The third-order valence-electron chi connectivity index (χ3n) is 3.41. The van der Waals surface area contributed by atoms with Crippen molar-refractivity contribution in [2.75, 3.05) is 14.2 Å². The average Bonchev–Trinajstić information content (AvgIpc) is 2.55. The van der Waals surface area contributed by atoms with Gasteiger partial charge in [0.25, 0.3) is 0 Å². The Morgan fingerprint density at radius 2 is 1.68 bits per heavy atom. The van der Waals surface area contributed by atoms with Crippen LogP contribution in [-0.4, -0.2) is 24.2 Å². The Hall–Kier alpha value is -2.14. The van der Waals surface area contributed by atoms with Crippen LogP contribution in [0.1, 0.15) is 11.4 Å². The number of aromatic nitrogens is 2. The first-order chi connectivity index (χ1) is 10.7. The Labute approximate surface area is 137 Å². The van der Waals surface area contributed by atoms with Crippen molar-refractivity contribution in [3.8, 4) is 11.5 Å². The first kappa shape index (κ1) is 14.8. The van der Waals surface area contributed by atoms with Crippen molar-refractivity contribution < 1.29 is 9.47 Å². The van der Waals surface area contributed by atoms with Crippen molar-refractivity contribution in [3.63, 3.8) is 0 Å². The minimum Gasteiger partial charge on any atom is -0.493 e. The Morgan fingerprint density at radius 1 is 1.00 bits per heavy atom. The Kier molecular flexibility index (Phi) is 4.24. The zero-order valence-electron chi connectivity index (χ0n) is 12.3. The molecule has 0 saturated heterocycles. The molecule has 1 aromatic heterocycles. The van der Waals surface area contributed by atoms with E-state index in [1.165, 1.54) is 5.56 Å². The molecule has 112 valence electrons. The van der Waals surface area contributed by atoms with Crippen LogP contribution in [0.2, 0.25) is 0 Å². The van der Waals surface area contributed by atoms with Crippen molar-refractivity contribution in [2.45, 2.75) is 6.42 Å². The lowest BCUT2D eigenvalue weighted by molar-refractivity contribution is 0.355. The summed E-state index contributed by atoms with van der Waals surface area (Å²) in [7, 11) is 3.24. The molecule has 22 heavy (non-hydrogen) atoms. The topological polar surface area (TPSA) is 44.2 Å². The molecule has 0 aliphatic heterocycles. The number of hydrogen-bond acceptors (Lipinski definition) is 4. The van der Waals surface area contributed by atoms with Crippen LogP contribution >= 0.6 is 15.9 Å². The molecule has 4 nitrogen and oxygen atoms in total. The summed E-state index contributed by atoms with van der Waals surface area (Å²) in [6.45, 7) is 0. The molecule has 0 aliphatic rings. The molecule has 0 saturated carbocycles. The number of halogens is 1. The number of methoxy groups -OCH3 is 2. The summed E-state index contributed by atoms with van der Waals surface area (Å²) in [4.78, 5) is 9.05. The van der Waals surface area contributed by atoms with Gasteiger partial charge in [0.05, 0.1) is 19.7 Å². The van der Waals surface area contributed by atoms with Crippen molar-refractivity contribution in [1.82, 2.24) is 9.97 Å². The highest BCUT2D eigenvalue weighted by Gasteiger charge is 2.08. The fraction of sp³-hybridized carbons (Fsp3) is 0.176. The Balaban J connectivity index is 1.96. The molecule has 0 bridgehead atoms. The smallest absolute Gasteiger partial charge is 0.162 e. The Bertz CT molecular complexity index is 804. The van der Waals surface area contributed by atoms with Crippen LogP contribution in [0.3, 0.4) is 0 Å². The average molecular weight is 359 g/mol. The second-order valence-corrected chi connectivity index (χ2v) is 5.77. The number of nitrogens with zero attached hydrogens (tertiary/aromatic N) is 2. The number of hydrogen-bond donors (Lipinski definition) is 0. The minimum atomic E-state index is 0.670. The fourth-order valence-electron chi connectivity index (χ4n) is 2.27. The highest BCUT2D eigenvalue weighted by molar-refractivity contribution is 9.10. The van der Waals surface area contributed by atoms with E-state index in [-0.39, 0.29) is 0 Å². The second-order valence-electron chi connectivity index (χ2n) is 4.86. The van der Waals surface area contributed by atoms with E-state index in [4.69, 9.17) is 9.47 Å². The van der Waals surface area contributed by atoms with E-state index in [0.29, 0.717) is 17.9 Å². The normalized spacial score (nSPS) is 10.7. The summed E-state index contributed by atoms with van der Waals surface area (Å²) in [5.41, 5.74) is 2.02. The van der Waals surface area contributed by atoms with Crippen molar-refractivity contribution in [3.05, 3.63) is 58.5 Å². The monoisotopic (exact) mass is 358 g/mol. The van der Waals surface area contributed by atoms with Gasteiger partial charge in [0.2, 0.25) is 0 Å². The van der Waals surface area contributed by atoms with Crippen LogP contribution in [0, 0.1) is 0 Å². The Morgan fingerprint density at radius 3 is 2.36 bits per heavy atom. The zero-order valence-corrected chi connectivity index (χ0v) is 13.9. The predicted octanol–water partition coefficient (Wildman–Crippen LogP) is 4.00. The van der Waals surface area contributed by atoms with Crippen LogP contribution < -0.4 is 9.47 Å². The third-order valence-corrected chi connectivity index (χ3v) is 3.94. The summed E-state index contributed by atoms with van der Waals surface area (Å²) in [5, 5.41) is 0.928. The highest BCUT2D eigenvalue weighted by atomic mass is 79.9. The first-order valence-corrected chi connectivity index (χ1v) is 7.61. The standard InChI is InChI=1S/C17H15BrN2O2/c1-21-15-8-12-10-19-17(20-14(12)9-16(15)22-2)7-11-3-5-13(18)6-4-11/h3-6,8-10H,7H2,1-2H3. The molecule has 0 N–H and O–H groups in total. The molecule has 5 heteroatoms. The largest absolute Gasteiger partial charge is 0.493 e. The van der Waals surface area contributed by atoms with Gasteiger partial charge in [-0.2, -0.15) is 0 Å². The lowest BCUT2D eigenvalue weighted by Crippen LogP contribution is -1.98. The molecule has 1 heterocycles. The first-order valence-electron chi connectivity index (χ1n) is 6.81. The van der Waals surface area contributed by atoms with E-state index in [1.54, 1.807) is 14.2 Å². The molecule has 0 radical (unpaired) electrons. The summed E-state index contributed by atoms with van der Waals surface area (Å²) >= 11 is 3.44. The van der Waals surface area contributed by atoms with Gasteiger partial charge in [-0.1, -0.05) is 28.1 Å². The lowest BCUT2D eigenvalue weighted by atomic mass is 10.1. The summed E-state index contributed by atoms with van der Waals surface area (Å²) in [6.07, 6.45) is 2.51. The van der Waals surface area contributed by atoms with Crippen LogP contribution in [0.5, 0.6) is 11.5 Å². The minimum absolute atomic E-state index is 0.670. The van der Waals surface area contributed by atoms with Gasteiger partial charge < -0.3 is 9.47 Å². The molecule has 0 amide bonds. The zero-order chi connectivity index (χ0) is 15.5. The maximum atomic E-state index is 5.33. The van der Waals surface area contributed by atoms with E-state index < -0.39 is 0 Å². The van der Waals surface area contributed by atoms with E-state index in [9.17, 15) is 0 Å². The maximum Gasteiger partial charge on any atom is 0.162 e. The molecule has 2 aromatic carbocycles. The van der Waals surface area contributed by atoms with Crippen LogP contribution in [0.4, 0.5) is 0 Å². The fourth-order valence-corrected chi connectivity index (χ4v) is 2.53. The van der Waals surface area contributed by atoms with Crippen molar-refractivity contribution in [2.24, 2.45) is 0 Å². The van der Waals surface area contributed by atoms with Gasteiger partial charge in [-0.15, -0.1) is 0 Å². The molecule has 0 unspecified atom stereocenters. The lowest BCUT2D eigenvalue weighted by Gasteiger charge is -2.09. The van der Waals surface area contributed by atoms with Crippen LogP contribution in [-0.2, 0) is 6.42 Å². The molecular weight excluding hydrogens is 344 g/mol. The van der Waals surface area contributed by atoms with Gasteiger partial charge in [0.1, 0.15) is 5.82 Å². The molecule has 0 spiro atoms. The quantitative estimate of drug-likeness (QED) is 0.706. The summed E-state index contributed by atoms with van der Waals surface area (Å²) in [6, 6.07) is 11.9. The molecular formula is C17H15BrN2O2. The van der Waals surface area contributed by atoms with Crippen molar-refractivity contribution in [1.29, 1.82) is 0 Å². The van der Waals surface area contributed by atoms with E-state index in [0.717, 1.165) is 21.2 Å². The predicted molar refractivity (Wildman–Crippen MR) is 89.6 cm³/mol. The van der Waals surface area contributed by atoms with Gasteiger partial charge in [0.15, 0.2) is 11.5 Å². The van der Waals surface area contributed by atoms with Gasteiger partial charge in [-0.25, -0.2) is 9.97 Å². The van der Waals surface area contributed by atoms with E-state index in [2.05, 4.69) is 38.0 Å². The molecule has 0 atom stereocenters. The van der Waals surface area contributed by atoms with Crippen molar-refractivity contribution >= 4 is 26.8 Å². The highest BCUT2D eigenvalue weighted by Crippen LogP contribution is 2.31. The van der Waals surface area contributed by atoms with Gasteiger partial charge in [-0.05, 0) is 23.8 Å². The third kappa shape index (κ3) is 3.04. The van der Waals surface area contributed by atoms with Gasteiger partial charge >= 0.3 is 0 Å². The van der Waals surface area contributed by atoms with Gasteiger partial charge in [0, 0.05) is 28.5 Å². The molecule has 3 aromatic rings. The summed E-state index contributed by atoms with van der Waals surface area (Å²) in [5.74, 6) is 2.13. The number of benzene rings is 2. The van der Waals surface area contributed by atoms with Crippen LogP contribution in [0.25, 0.3) is 10.9 Å². The summed E-state index contributed by atoms with van der Waals surface area (Å²) < 4.78 is 11.7. The SMILES string of the molecule is COc1cc2cnc(Cc3ccc(Br)cc3)nc2cc1OC. The number of fused-ring (bicyclic) bond motifs is 1. The van der Waals surface area contributed by atoms with E-state index in [1.807, 2.05) is 30.5 Å². The number of ether oxygens (including phenoxy) is 2. The van der Waals surface area contributed by atoms with Gasteiger partial charge in [-0.3, -0.25) is 0 Å². The molecule has 0 fully saturated rings.